The molecular formula is C13H29N3O3S. The van der Waals surface area contributed by atoms with Crippen molar-refractivity contribution in [2.45, 2.75) is 26.2 Å². The third-order valence-electron chi connectivity index (χ3n) is 3.47. The van der Waals surface area contributed by atoms with E-state index in [9.17, 15) is 8.42 Å². The van der Waals surface area contributed by atoms with Gasteiger partial charge in [0.15, 0.2) is 0 Å². The van der Waals surface area contributed by atoms with E-state index < -0.39 is 10.2 Å². The number of ether oxygens (including phenoxy) is 1. The van der Waals surface area contributed by atoms with Gasteiger partial charge in [0.2, 0.25) is 0 Å². The van der Waals surface area contributed by atoms with Gasteiger partial charge >= 0.3 is 0 Å². The zero-order valence-electron chi connectivity index (χ0n) is 13.0. The molecule has 0 aromatic carbocycles. The minimum absolute atomic E-state index is 0.409. The van der Waals surface area contributed by atoms with Crippen molar-refractivity contribution >= 4 is 10.2 Å². The fourth-order valence-electron chi connectivity index (χ4n) is 1.80. The van der Waals surface area contributed by atoms with Crippen LogP contribution in [0.25, 0.3) is 0 Å². The van der Waals surface area contributed by atoms with Crippen molar-refractivity contribution in [3.05, 3.63) is 0 Å². The minimum Gasteiger partial charge on any atom is -0.380 e. The quantitative estimate of drug-likeness (QED) is 0.534. The Bertz CT molecular complexity index is 358. The summed E-state index contributed by atoms with van der Waals surface area (Å²) in [5, 5.41) is 3.19. The van der Waals surface area contributed by atoms with Gasteiger partial charge in [-0.05, 0) is 38.3 Å². The number of nitrogens with one attached hydrogen (secondary N) is 1. The Balaban J connectivity index is 2.21. The molecule has 1 fully saturated rings. The van der Waals surface area contributed by atoms with E-state index in [2.05, 4.69) is 5.32 Å². The predicted molar refractivity (Wildman–Crippen MR) is 80.9 cm³/mol. The molecule has 0 aromatic rings. The molecule has 0 aliphatic heterocycles. The summed E-state index contributed by atoms with van der Waals surface area (Å²) in [5.41, 5.74) is 0. The molecule has 0 aromatic heterocycles. The van der Waals surface area contributed by atoms with Gasteiger partial charge in [-0.15, -0.1) is 0 Å². The molecule has 0 heterocycles. The van der Waals surface area contributed by atoms with Crippen molar-refractivity contribution in [3.8, 4) is 0 Å². The van der Waals surface area contributed by atoms with Crippen molar-refractivity contribution in [1.29, 1.82) is 0 Å². The van der Waals surface area contributed by atoms with Gasteiger partial charge in [0, 0.05) is 33.8 Å². The van der Waals surface area contributed by atoms with E-state index in [1.165, 1.54) is 21.5 Å². The fraction of sp³-hybridized carbons (Fsp3) is 1.00. The number of likely N-dealkylation sites (N-methyl/N-ethyl adjacent to an activating group) is 1. The lowest BCUT2D eigenvalue weighted by molar-refractivity contribution is 0.116. The Hall–Kier alpha value is -0.210. The summed E-state index contributed by atoms with van der Waals surface area (Å²) in [7, 11) is -0.117. The highest BCUT2D eigenvalue weighted by Crippen LogP contribution is 2.28. The fourth-order valence-corrected chi connectivity index (χ4v) is 2.94. The second-order valence-corrected chi connectivity index (χ2v) is 7.52. The molecule has 1 aliphatic rings. The topological polar surface area (TPSA) is 61.9 Å². The van der Waals surface area contributed by atoms with Crippen molar-refractivity contribution in [3.63, 3.8) is 0 Å². The van der Waals surface area contributed by atoms with Crippen LogP contribution >= 0.6 is 0 Å². The number of rotatable bonds is 12. The lowest BCUT2D eigenvalue weighted by Crippen LogP contribution is -2.42. The average Bonchev–Trinajstić information content (AvgIpc) is 3.23. The summed E-state index contributed by atoms with van der Waals surface area (Å²) in [6.07, 6.45) is 3.32. The Morgan fingerprint density at radius 2 is 1.85 bits per heavy atom. The molecule has 1 aliphatic carbocycles. The van der Waals surface area contributed by atoms with Crippen LogP contribution in [-0.4, -0.2) is 70.5 Å². The van der Waals surface area contributed by atoms with Gasteiger partial charge in [-0.25, -0.2) is 0 Å². The third kappa shape index (κ3) is 6.49. The van der Waals surface area contributed by atoms with Crippen LogP contribution in [0.4, 0.5) is 0 Å². The summed E-state index contributed by atoms with van der Waals surface area (Å²) in [6, 6.07) is 0. The molecule has 0 unspecified atom stereocenters. The smallest absolute Gasteiger partial charge is 0.281 e. The van der Waals surface area contributed by atoms with Crippen molar-refractivity contribution < 1.29 is 13.2 Å². The molecule has 0 spiro atoms. The van der Waals surface area contributed by atoms with Crippen LogP contribution in [-0.2, 0) is 14.9 Å². The van der Waals surface area contributed by atoms with Crippen LogP contribution < -0.4 is 5.32 Å². The summed E-state index contributed by atoms with van der Waals surface area (Å²) < 4.78 is 32.7. The third-order valence-corrected chi connectivity index (χ3v) is 5.41. The maximum atomic E-state index is 12.2. The van der Waals surface area contributed by atoms with E-state index in [-0.39, 0.29) is 0 Å². The molecule has 0 radical (unpaired) electrons. The molecule has 0 atom stereocenters. The maximum Gasteiger partial charge on any atom is 0.281 e. The highest BCUT2D eigenvalue weighted by molar-refractivity contribution is 7.86. The Morgan fingerprint density at radius 3 is 2.45 bits per heavy atom. The molecule has 120 valence electrons. The lowest BCUT2D eigenvalue weighted by Gasteiger charge is -2.24. The predicted octanol–water partition coefficient (Wildman–Crippen LogP) is 0.521. The summed E-state index contributed by atoms with van der Waals surface area (Å²) in [6.45, 7) is 5.97. The Kier molecular flexibility index (Phi) is 7.98. The number of hydrogen-bond acceptors (Lipinski definition) is 4. The van der Waals surface area contributed by atoms with Crippen LogP contribution in [0.1, 0.15) is 26.2 Å². The van der Waals surface area contributed by atoms with E-state index >= 15 is 0 Å². The maximum absolute atomic E-state index is 12.2. The van der Waals surface area contributed by atoms with E-state index in [0.29, 0.717) is 25.6 Å². The van der Waals surface area contributed by atoms with Crippen molar-refractivity contribution in [1.82, 2.24) is 13.9 Å². The zero-order valence-corrected chi connectivity index (χ0v) is 13.8. The second kappa shape index (κ2) is 8.94. The second-order valence-electron chi connectivity index (χ2n) is 5.38. The largest absolute Gasteiger partial charge is 0.380 e. The first-order valence-corrected chi connectivity index (χ1v) is 8.84. The van der Waals surface area contributed by atoms with Gasteiger partial charge in [-0.1, -0.05) is 6.92 Å². The van der Waals surface area contributed by atoms with Crippen molar-refractivity contribution in [2.75, 3.05) is 53.5 Å². The van der Waals surface area contributed by atoms with Crippen LogP contribution in [0.5, 0.6) is 0 Å². The Morgan fingerprint density at radius 1 is 1.20 bits per heavy atom. The van der Waals surface area contributed by atoms with Gasteiger partial charge in [0.05, 0.1) is 6.61 Å². The van der Waals surface area contributed by atoms with Crippen LogP contribution in [0, 0.1) is 5.92 Å². The first kappa shape index (κ1) is 17.8. The lowest BCUT2D eigenvalue weighted by atomic mass is 10.4. The molecule has 1 saturated carbocycles. The number of hydrogen-bond donors (Lipinski definition) is 1. The minimum atomic E-state index is -3.35. The molecule has 0 bridgehead atoms. The Labute approximate surface area is 123 Å². The summed E-state index contributed by atoms with van der Waals surface area (Å²) >= 11 is 0. The van der Waals surface area contributed by atoms with Gasteiger partial charge in [-0.3, -0.25) is 0 Å². The SMILES string of the molecule is CCNCCCN(C)S(=O)(=O)N(C)CCOCC1CC1. The van der Waals surface area contributed by atoms with Crippen LogP contribution in [0.2, 0.25) is 0 Å². The summed E-state index contributed by atoms with van der Waals surface area (Å²) in [4.78, 5) is 0. The molecular weight excluding hydrogens is 278 g/mol. The molecule has 1 N–H and O–H groups in total. The molecule has 0 saturated heterocycles. The molecule has 1 rings (SSSR count). The standard InChI is InChI=1S/C13H29N3O3S/c1-4-14-8-5-9-15(2)20(17,18)16(3)10-11-19-12-13-6-7-13/h13-14H,4-12H2,1-3H3. The monoisotopic (exact) mass is 307 g/mol. The van der Waals surface area contributed by atoms with E-state index in [1.807, 2.05) is 6.92 Å². The van der Waals surface area contributed by atoms with Gasteiger partial charge in [0.1, 0.15) is 0 Å². The van der Waals surface area contributed by atoms with Gasteiger partial charge in [-0.2, -0.15) is 17.0 Å². The van der Waals surface area contributed by atoms with Crippen molar-refractivity contribution in [2.24, 2.45) is 5.92 Å². The molecule has 7 heteroatoms. The first-order valence-electron chi connectivity index (χ1n) is 7.44. The average molecular weight is 307 g/mol. The van der Waals surface area contributed by atoms with Gasteiger partial charge in [0.25, 0.3) is 10.2 Å². The van der Waals surface area contributed by atoms with Crippen LogP contribution in [0.3, 0.4) is 0 Å². The summed E-state index contributed by atoms with van der Waals surface area (Å²) in [5.74, 6) is 0.714. The molecule has 6 nitrogen and oxygen atoms in total. The molecule has 0 amide bonds. The number of nitrogens with zero attached hydrogens (tertiary/aromatic N) is 2. The first-order chi connectivity index (χ1) is 9.48. The highest BCUT2D eigenvalue weighted by Gasteiger charge is 2.24. The van der Waals surface area contributed by atoms with Crippen LogP contribution in [0.15, 0.2) is 0 Å². The van der Waals surface area contributed by atoms with E-state index in [0.717, 1.165) is 26.1 Å². The van der Waals surface area contributed by atoms with E-state index in [1.54, 1.807) is 14.1 Å². The normalized spacial score (nSPS) is 16.2. The zero-order chi connectivity index (χ0) is 15.0. The van der Waals surface area contributed by atoms with E-state index in [4.69, 9.17) is 4.74 Å². The van der Waals surface area contributed by atoms with Gasteiger partial charge < -0.3 is 10.1 Å². The molecule has 20 heavy (non-hydrogen) atoms. The highest BCUT2D eigenvalue weighted by atomic mass is 32.2.